The van der Waals surface area contributed by atoms with E-state index >= 15 is 0 Å². The third kappa shape index (κ3) is 4.49. The maximum Gasteiger partial charge on any atom is 0.263 e. The molecule has 0 atom stereocenters. The van der Waals surface area contributed by atoms with Crippen LogP contribution in [0.25, 0.3) is 22.6 Å². The summed E-state index contributed by atoms with van der Waals surface area (Å²) in [7, 11) is 1.61. The molecule has 0 fully saturated rings. The highest BCUT2D eigenvalue weighted by atomic mass is 79.9. The first-order chi connectivity index (χ1) is 14.2. The van der Waals surface area contributed by atoms with E-state index in [9.17, 15) is 0 Å². The number of rotatable bonds is 6. The first-order valence-electron chi connectivity index (χ1n) is 8.71. The Labute approximate surface area is 175 Å². The maximum absolute atomic E-state index is 5.80. The number of hydrogen-bond donors (Lipinski definition) is 1. The number of furan rings is 1. The van der Waals surface area contributed by atoms with Gasteiger partial charge in [-0.3, -0.25) is 0 Å². The van der Waals surface area contributed by atoms with Crippen LogP contribution in [-0.2, 0) is 0 Å². The predicted molar refractivity (Wildman–Crippen MR) is 115 cm³/mol. The van der Waals surface area contributed by atoms with Crippen molar-refractivity contribution in [3.8, 4) is 28.3 Å². The number of benzene rings is 2. The number of methoxy groups -OCH3 is 1. The minimum absolute atomic E-state index is 0.267. The standard InChI is InChI=1S/C21H16BrN5O2/c1-28-20-8-3-2-7-17(20)18-13-24-27-21(25-18)26-23-12-16-9-10-19(29-16)14-5-4-6-15(22)11-14/h2-13H,1H3,(H,25,26,27)/b23-12+. The molecule has 0 saturated heterocycles. The van der Waals surface area contributed by atoms with E-state index in [4.69, 9.17) is 9.15 Å². The van der Waals surface area contributed by atoms with Gasteiger partial charge >= 0.3 is 0 Å². The van der Waals surface area contributed by atoms with Crippen molar-refractivity contribution in [2.45, 2.75) is 0 Å². The van der Waals surface area contributed by atoms with Gasteiger partial charge < -0.3 is 9.15 Å². The summed E-state index contributed by atoms with van der Waals surface area (Å²) >= 11 is 3.46. The van der Waals surface area contributed by atoms with Gasteiger partial charge in [0.1, 0.15) is 17.3 Å². The molecule has 0 aliphatic rings. The van der Waals surface area contributed by atoms with E-state index in [-0.39, 0.29) is 5.95 Å². The van der Waals surface area contributed by atoms with Crippen molar-refractivity contribution >= 4 is 28.1 Å². The second-order valence-electron chi connectivity index (χ2n) is 5.95. The second-order valence-corrected chi connectivity index (χ2v) is 6.86. The summed E-state index contributed by atoms with van der Waals surface area (Å²) < 4.78 is 12.2. The molecule has 4 rings (SSSR count). The maximum atomic E-state index is 5.80. The number of anilines is 1. The summed E-state index contributed by atoms with van der Waals surface area (Å²) in [6, 6.07) is 19.2. The molecule has 4 aromatic rings. The van der Waals surface area contributed by atoms with Crippen molar-refractivity contribution in [3.63, 3.8) is 0 Å². The molecule has 8 heteroatoms. The highest BCUT2D eigenvalue weighted by Gasteiger charge is 2.08. The fourth-order valence-corrected chi connectivity index (χ4v) is 3.11. The van der Waals surface area contributed by atoms with Crippen LogP contribution < -0.4 is 10.2 Å². The van der Waals surface area contributed by atoms with Crippen molar-refractivity contribution in [1.29, 1.82) is 0 Å². The molecule has 0 saturated carbocycles. The molecule has 144 valence electrons. The van der Waals surface area contributed by atoms with Crippen molar-refractivity contribution in [2.24, 2.45) is 5.10 Å². The van der Waals surface area contributed by atoms with Gasteiger partial charge in [0.25, 0.3) is 5.95 Å². The molecular weight excluding hydrogens is 434 g/mol. The van der Waals surface area contributed by atoms with E-state index in [1.807, 2.05) is 60.7 Å². The van der Waals surface area contributed by atoms with Crippen LogP contribution in [0, 0.1) is 0 Å². The molecule has 0 bridgehead atoms. The Morgan fingerprint density at radius 1 is 1.10 bits per heavy atom. The number of ether oxygens (including phenoxy) is 1. The lowest BCUT2D eigenvalue weighted by Crippen LogP contribution is -2.00. The third-order valence-corrected chi connectivity index (χ3v) is 4.53. The molecule has 2 aromatic carbocycles. The van der Waals surface area contributed by atoms with Gasteiger partial charge in [0.15, 0.2) is 0 Å². The smallest absolute Gasteiger partial charge is 0.263 e. The molecule has 7 nitrogen and oxygen atoms in total. The Morgan fingerprint density at radius 2 is 2.00 bits per heavy atom. The van der Waals surface area contributed by atoms with Crippen LogP contribution in [0.3, 0.4) is 0 Å². The van der Waals surface area contributed by atoms with Crippen molar-refractivity contribution < 1.29 is 9.15 Å². The Kier molecular flexibility index (Phi) is 5.62. The van der Waals surface area contributed by atoms with E-state index in [0.29, 0.717) is 17.2 Å². The summed E-state index contributed by atoms with van der Waals surface area (Å²) in [4.78, 5) is 4.43. The zero-order valence-corrected chi connectivity index (χ0v) is 17.0. The van der Waals surface area contributed by atoms with Crippen LogP contribution >= 0.6 is 15.9 Å². The van der Waals surface area contributed by atoms with E-state index in [2.05, 4.69) is 41.6 Å². The highest BCUT2D eigenvalue weighted by molar-refractivity contribution is 9.10. The van der Waals surface area contributed by atoms with E-state index < -0.39 is 0 Å². The molecule has 0 amide bonds. The van der Waals surface area contributed by atoms with Gasteiger partial charge in [-0.1, -0.05) is 40.2 Å². The Hall–Kier alpha value is -3.52. The molecule has 1 N–H and O–H groups in total. The number of hydrogen-bond acceptors (Lipinski definition) is 7. The Morgan fingerprint density at radius 3 is 2.86 bits per heavy atom. The van der Waals surface area contributed by atoms with Crippen molar-refractivity contribution in [1.82, 2.24) is 15.2 Å². The lowest BCUT2D eigenvalue weighted by atomic mass is 10.1. The number of aromatic nitrogens is 3. The van der Waals surface area contributed by atoms with Crippen LogP contribution in [0.2, 0.25) is 0 Å². The molecule has 0 aliphatic carbocycles. The number of nitrogens with one attached hydrogen (secondary N) is 1. The van der Waals surface area contributed by atoms with Crippen LogP contribution in [0.5, 0.6) is 5.75 Å². The zero-order valence-electron chi connectivity index (χ0n) is 15.4. The lowest BCUT2D eigenvalue weighted by molar-refractivity contribution is 0.416. The van der Waals surface area contributed by atoms with E-state index in [1.165, 1.54) is 0 Å². The van der Waals surface area contributed by atoms with Gasteiger partial charge in [0.05, 0.1) is 25.2 Å². The second kappa shape index (κ2) is 8.66. The summed E-state index contributed by atoms with van der Waals surface area (Å²) in [5.41, 5.74) is 5.20. The van der Waals surface area contributed by atoms with Crippen molar-refractivity contribution in [3.05, 3.63) is 77.1 Å². The quantitative estimate of drug-likeness (QED) is 0.328. The van der Waals surface area contributed by atoms with Crippen molar-refractivity contribution in [2.75, 3.05) is 12.5 Å². The minimum Gasteiger partial charge on any atom is -0.496 e. The lowest BCUT2D eigenvalue weighted by Gasteiger charge is -2.07. The number of hydrazone groups is 1. The predicted octanol–water partition coefficient (Wildman–Crippen LogP) is 5.02. The van der Waals surface area contributed by atoms with Crippen LogP contribution in [0.4, 0.5) is 5.95 Å². The molecule has 0 aliphatic heterocycles. The normalized spacial score (nSPS) is 11.0. The Bertz CT molecular complexity index is 1160. The number of nitrogens with zero attached hydrogens (tertiary/aromatic N) is 4. The first kappa shape index (κ1) is 18.8. The summed E-state index contributed by atoms with van der Waals surface area (Å²) in [5, 5.41) is 12.1. The summed E-state index contributed by atoms with van der Waals surface area (Å²) in [6.07, 6.45) is 3.13. The molecule has 2 heterocycles. The summed E-state index contributed by atoms with van der Waals surface area (Å²) in [5.74, 6) is 2.33. The van der Waals surface area contributed by atoms with E-state index in [0.717, 1.165) is 21.4 Å². The third-order valence-electron chi connectivity index (χ3n) is 4.03. The van der Waals surface area contributed by atoms with Gasteiger partial charge in [-0.25, -0.2) is 10.4 Å². The van der Waals surface area contributed by atoms with Crippen LogP contribution in [0.1, 0.15) is 5.76 Å². The molecule has 29 heavy (non-hydrogen) atoms. The molecule has 0 unspecified atom stereocenters. The minimum atomic E-state index is 0.267. The first-order valence-corrected chi connectivity index (χ1v) is 9.50. The molecule has 0 spiro atoms. The average molecular weight is 450 g/mol. The van der Waals surface area contributed by atoms with Gasteiger partial charge in [-0.05, 0) is 36.4 Å². The van der Waals surface area contributed by atoms with Crippen LogP contribution in [0.15, 0.2) is 80.9 Å². The Balaban J connectivity index is 1.48. The zero-order chi connectivity index (χ0) is 20.1. The van der Waals surface area contributed by atoms with Crippen LogP contribution in [-0.4, -0.2) is 28.5 Å². The van der Waals surface area contributed by atoms with Gasteiger partial charge in [-0.2, -0.15) is 10.2 Å². The monoisotopic (exact) mass is 449 g/mol. The van der Waals surface area contributed by atoms with E-state index in [1.54, 1.807) is 19.5 Å². The van der Waals surface area contributed by atoms with Gasteiger partial charge in [-0.15, -0.1) is 5.10 Å². The molecule has 0 radical (unpaired) electrons. The summed E-state index contributed by atoms with van der Waals surface area (Å²) in [6.45, 7) is 0. The largest absolute Gasteiger partial charge is 0.496 e. The average Bonchev–Trinajstić information content (AvgIpc) is 3.23. The highest BCUT2D eigenvalue weighted by Crippen LogP contribution is 2.28. The number of halogens is 1. The topological polar surface area (TPSA) is 85.4 Å². The fraction of sp³-hybridized carbons (Fsp3) is 0.0476. The van der Waals surface area contributed by atoms with Gasteiger partial charge in [0, 0.05) is 15.6 Å². The fourth-order valence-electron chi connectivity index (χ4n) is 2.71. The molecule has 2 aromatic heterocycles. The SMILES string of the molecule is COc1ccccc1-c1cnnc(N/N=C/c2ccc(-c3cccc(Br)c3)o2)n1. The van der Waals surface area contributed by atoms with Gasteiger partial charge in [0.2, 0.25) is 0 Å². The number of para-hydroxylation sites is 1. The molecular formula is C21H16BrN5O2.